The molecule has 0 aromatic heterocycles. The molecule has 0 aliphatic carbocycles. The molecule has 1 saturated heterocycles. The second kappa shape index (κ2) is 6.61. The van der Waals surface area contributed by atoms with E-state index in [1.165, 1.54) is 6.92 Å². The Hall–Kier alpha value is -2.04. The highest BCUT2D eigenvalue weighted by atomic mass is 16.2. The number of nitrogens with zero attached hydrogens (tertiary/aromatic N) is 2. The standard InChI is InChI=1S/C16H23N3O2/c1-12(20)17-14-7-9-19(10-8-14)16(21)13-5-4-6-15(11-13)18(2)3/h4-6,11,14H,7-10H2,1-3H3,(H,17,20). The number of anilines is 1. The summed E-state index contributed by atoms with van der Waals surface area (Å²) in [6, 6.07) is 7.86. The van der Waals surface area contributed by atoms with Gasteiger partial charge in [-0.2, -0.15) is 0 Å². The summed E-state index contributed by atoms with van der Waals surface area (Å²) < 4.78 is 0. The maximum Gasteiger partial charge on any atom is 0.253 e. The molecule has 0 unspecified atom stereocenters. The fourth-order valence-electron chi connectivity index (χ4n) is 2.61. The summed E-state index contributed by atoms with van der Waals surface area (Å²) in [6.07, 6.45) is 1.64. The van der Waals surface area contributed by atoms with Crippen molar-refractivity contribution in [2.45, 2.75) is 25.8 Å². The van der Waals surface area contributed by atoms with Crippen molar-refractivity contribution in [1.82, 2.24) is 10.2 Å². The van der Waals surface area contributed by atoms with Crippen LogP contribution in [0, 0.1) is 0 Å². The lowest BCUT2D eigenvalue weighted by Gasteiger charge is -2.32. The predicted molar refractivity (Wildman–Crippen MR) is 83.5 cm³/mol. The first-order chi connectivity index (χ1) is 9.97. The average Bonchev–Trinajstić information content (AvgIpc) is 2.47. The Kier molecular flexibility index (Phi) is 4.83. The van der Waals surface area contributed by atoms with Crippen LogP contribution in [0.15, 0.2) is 24.3 Å². The summed E-state index contributed by atoms with van der Waals surface area (Å²) in [4.78, 5) is 27.4. The van der Waals surface area contributed by atoms with Crippen LogP contribution in [0.1, 0.15) is 30.1 Å². The van der Waals surface area contributed by atoms with Gasteiger partial charge in [0.05, 0.1) is 0 Å². The van der Waals surface area contributed by atoms with Crippen LogP contribution in [-0.4, -0.2) is 49.9 Å². The quantitative estimate of drug-likeness (QED) is 0.917. The van der Waals surface area contributed by atoms with Gasteiger partial charge in [0.15, 0.2) is 0 Å². The summed E-state index contributed by atoms with van der Waals surface area (Å²) in [5.74, 6) is 0.0680. The molecule has 1 aliphatic rings. The van der Waals surface area contributed by atoms with Crippen molar-refractivity contribution in [2.24, 2.45) is 0 Å². The maximum absolute atomic E-state index is 12.5. The summed E-state index contributed by atoms with van der Waals surface area (Å²) in [5.41, 5.74) is 1.74. The molecule has 2 amide bonds. The minimum absolute atomic E-state index is 0.00143. The molecule has 1 aromatic rings. The lowest BCUT2D eigenvalue weighted by Crippen LogP contribution is -2.46. The molecule has 1 aliphatic heterocycles. The molecule has 1 fully saturated rings. The molecule has 0 radical (unpaired) electrons. The SMILES string of the molecule is CC(=O)NC1CCN(C(=O)c2cccc(N(C)C)c2)CC1. The van der Waals surface area contributed by atoms with E-state index < -0.39 is 0 Å². The second-order valence-corrected chi connectivity index (χ2v) is 5.71. The molecule has 1 heterocycles. The van der Waals surface area contributed by atoms with E-state index >= 15 is 0 Å². The van der Waals surface area contributed by atoms with Crippen LogP contribution in [0.3, 0.4) is 0 Å². The van der Waals surface area contributed by atoms with E-state index in [2.05, 4.69) is 5.32 Å². The zero-order valence-corrected chi connectivity index (χ0v) is 12.9. The fourth-order valence-corrected chi connectivity index (χ4v) is 2.61. The Morgan fingerprint density at radius 3 is 2.48 bits per heavy atom. The zero-order chi connectivity index (χ0) is 15.4. The van der Waals surface area contributed by atoms with E-state index in [4.69, 9.17) is 0 Å². The highest BCUT2D eigenvalue weighted by molar-refractivity contribution is 5.95. The molecule has 2 rings (SSSR count). The molecule has 5 heteroatoms. The smallest absolute Gasteiger partial charge is 0.253 e. The number of rotatable bonds is 3. The number of likely N-dealkylation sites (tertiary alicyclic amines) is 1. The number of amides is 2. The first-order valence-corrected chi connectivity index (χ1v) is 7.31. The van der Waals surface area contributed by atoms with Gasteiger partial charge in [-0.3, -0.25) is 9.59 Å². The Labute approximate surface area is 125 Å². The minimum atomic E-state index is -0.00143. The third kappa shape index (κ3) is 3.97. The van der Waals surface area contributed by atoms with Crippen molar-refractivity contribution in [2.75, 3.05) is 32.1 Å². The highest BCUT2D eigenvalue weighted by Gasteiger charge is 2.24. The van der Waals surface area contributed by atoms with Crippen LogP contribution in [0.5, 0.6) is 0 Å². The summed E-state index contributed by atoms with van der Waals surface area (Å²) in [7, 11) is 3.92. The van der Waals surface area contributed by atoms with Crippen molar-refractivity contribution in [3.63, 3.8) is 0 Å². The first-order valence-electron chi connectivity index (χ1n) is 7.31. The van der Waals surface area contributed by atoms with Gasteiger partial charge in [0.1, 0.15) is 0 Å². The third-order valence-electron chi connectivity index (χ3n) is 3.80. The number of carbonyl (C=O) groups excluding carboxylic acids is 2. The van der Waals surface area contributed by atoms with Crippen LogP contribution in [0.4, 0.5) is 5.69 Å². The molecule has 114 valence electrons. The summed E-state index contributed by atoms with van der Waals surface area (Å²) >= 11 is 0. The number of hydrogen-bond donors (Lipinski definition) is 1. The molecule has 0 saturated carbocycles. The lowest BCUT2D eigenvalue weighted by molar-refractivity contribution is -0.119. The second-order valence-electron chi connectivity index (χ2n) is 5.71. The van der Waals surface area contributed by atoms with Crippen molar-refractivity contribution in [3.8, 4) is 0 Å². The monoisotopic (exact) mass is 289 g/mol. The van der Waals surface area contributed by atoms with E-state index in [-0.39, 0.29) is 17.9 Å². The molecular weight excluding hydrogens is 266 g/mol. The summed E-state index contributed by atoms with van der Waals surface area (Å²) in [6.45, 7) is 2.91. The highest BCUT2D eigenvalue weighted by Crippen LogP contribution is 2.18. The number of nitrogens with one attached hydrogen (secondary N) is 1. The van der Waals surface area contributed by atoms with Crippen molar-refractivity contribution in [1.29, 1.82) is 0 Å². The fraction of sp³-hybridized carbons (Fsp3) is 0.500. The largest absolute Gasteiger partial charge is 0.378 e. The Morgan fingerprint density at radius 1 is 1.24 bits per heavy atom. The minimum Gasteiger partial charge on any atom is -0.378 e. The van der Waals surface area contributed by atoms with Gasteiger partial charge >= 0.3 is 0 Å². The van der Waals surface area contributed by atoms with Gasteiger partial charge in [0.2, 0.25) is 5.91 Å². The van der Waals surface area contributed by atoms with E-state index in [9.17, 15) is 9.59 Å². The third-order valence-corrected chi connectivity index (χ3v) is 3.80. The molecular formula is C16H23N3O2. The van der Waals surface area contributed by atoms with Crippen LogP contribution in [-0.2, 0) is 4.79 Å². The molecule has 0 spiro atoms. The lowest BCUT2D eigenvalue weighted by atomic mass is 10.0. The van der Waals surface area contributed by atoms with Gasteiger partial charge in [-0.05, 0) is 31.0 Å². The molecule has 0 bridgehead atoms. The van der Waals surface area contributed by atoms with Crippen molar-refractivity contribution in [3.05, 3.63) is 29.8 Å². The van der Waals surface area contributed by atoms with Crippen LogP contribution in [0.25, 0.3) is 0 Å². The van der Waals surface area contributed by atoms with Gasteiger partial charge in [-0.1, -0.05) is 6.07 Å². The van der Waals surface area contributed by atoms with E-state index in [1.54, 1.807) is 0 Å². The van der Waals surface area contributed by atoms with Crippen LogP contribution >= 0.6 is 0 Å². The number of benzene rings is 1. The average molecular weight is 289 g/mol. The Bertz CT molecular complexity index is 520. The van der Waals surface area contributed by atoms with Crippen LogP contribution < -0.4 is 10.2 Å². The zero-order valence-electron chi connectivity index (χ0n) is 12.9. The van der Waals surface area contributed by atoms with Crippen molar-refractivity contribution < 1.29 is 9.59 Å². The van der Waals surface area contributed by atoms with Gasteiger partial charge < -0.3 is 15.1 Å². The molecule has 1 N–H and O–H groups in total. The number of piperidine rings is 1. The van der Waals surface area contributed by atoms with E-state index in [0.717, 1.165) is 24.1 Å². The van der Waals surface area contributed by atoms with Crippen LogP contribution in [0.2, 0.25) is 0 Å². The van der Waals surface area contributed by atoms with E-state index in [1.807, 2.05) is 48.2 Å². The number of carbonyl (C=O) groups is 2. The van der Waals surface area contributed by atoms with Crippen molar-refractivity contribution >= 4 is 17.5 Å². The normalized spacial score (nSPS) is 15.7. The number of hydrogen-bond acceptors (Lipinski definition) is 3. The Morgan fingerprint density at radius 2 is 1.90 bits per heavy atom. The topological polar surface area (TPSA) is 52.7 Å². The molecule has 1 aromatic carbocycles. The molecule has 21 heavy (non-hydrogen) atoms. The first kappa shape index (κ1) is 15.4. The maximum atomic E-state index is 12.5. The van der Waals surface area contributed by atoms with Gasteiger partial charge in [-0.25, -0.2) is 0 Å². The van der Waals surface area contributed by atoms with E-state index in [0.29, 0.717) is 13.1 Å². The Balaban J connectivity index is 1.98. The molecule has 5 nitrogen and oxygen atoms in total. The molecule has 0 atom stereocenters. The van der Waals surface area contributed by atoms with Gasteiger partial charge in [0, 0.05) is 51.4 Å². The summed E-state index contributed by atoms with van der Waals surface area (Å²) in [5, 5.41) is 2.92. The predicted octanol–water partition coefficient (Wildman–Crippen LogP) is 1.49. The van der Waals surface area contributed by atoms with Gasteiger partial charge in [0.25, 0.3) is 5.91 Å². The van der Waals surface area contributed by atoms with Gasteiger partial charge in [-0.15, -0.1) is 0 Å².